The topological polar surface area (TPSA) is 52.6 Å². The summed E-state index contributed by atoms with van der Waals surface area (Å²) in [4.78, 5) is 23.1. The largest absolute Gasteiger partial charge is 0.466 e. The van der Waals surface area contributed by atoms with Gasteiger partial charge in [0.15, 0.2) is 15.5 Å². The summed E-state index contributed by atoms with van der Waals surface area (Å²) in [5.41, 5.74) is 1.18. The van der Waals surface area contributed by atoms with E-state index in [0.717, 1.165) is 32.1 Å². The highest BCUT2D eigenvalue weighted by Gasteiger charge is 2.29. The molecule has 0 heterocycles. The average Bonchev–Trinajstić information content (AvgIpc) is 2.89. The Morgan fingerprint density at radius 3 is 2.60 bits per heavy atom. The zero-order valence-electron chi connectivity index (χ0n) is 16.7. The molecule has 0 aromatic carbocycles. The molecule has 1 rings (SSSR count). The van der Waals surface area contributed by atoms with Crippen LogP contribution in [0.1, 0.15) is 79.6 Å². The number of rotatable bonds is 12. The van der Waals surface area contributed by atoms with Crippen LogP contribution < -0.4 is 0 Å². The van der Waals surface area contributed by atoms with E-state index in [1.54, 1.807) is 6.08 Å². The van der Waals surface area contributed by atoms with Gasteiger partial charge in [-0.15, -0.1) is 0 Å². The van der Waals surface area contributed by atoms with E-state index in [-0.39, 0.29) is 22.9 Å². The fourth-order valence-electron chi connectivity index (χ4n) is 2.74. The molecule has 0 saturated heterocycles. The Kier molecular flexibility index (Phi) is 9.65. The van der Waals surface area contributed by atoms with Crippen molar-refractivity contribution in [2.24, 2.45) is 5.92 Å². The van der Waals surface area contributed by atoms with Gasteiger partial charge in [-0.05, 0) is 48.8 Å². The van der Waals surface area contributed by atoms with Gasteiger partial charge in [0.2, 0.25) is 0 Å². The molecule has 0 radical (unpaired) electrons. The van der Waals surface area contributed by atoms with Crippen molar-refractivity contribution in [3.63, 3.8) is 0 Å². The maximum absolute atomic E-state index is 11.8. The van der Waals surface area contributed by atoms with Gasteiger partial charge in [0, 0.05) is 12.8 Å². The fourth-order valence-corrected chi connectivity index (χ4v) is 4.03. The molecule has 144 valence electrons. The Morgan fingerprint density at radius 1 is 1.28 bits per heavy atom. The van der Waals surface area contributed by atoms with Crippen molar-refractivity contribution >= 4 is 21.5 Å². The van der Waals surface area contributed by atoms with Crippen molar-refractivity contribution in [3.05, 3.63) is 11.6 Å². The SMILES string of the molecule is CCOC(=O)CCCCCCC1=CC(=O)CC1O[SiH2]C(C)(C)C(C)C. The maximum atomic E-state index is 11.8. The van der Waals surface area contributed by atoms with E-state index in [2.05, 4.69) is 27.7 Å². The summed E-state index contributed by atoms with van der Waals surface area (Å²) in [5, 5.41) is 0.254. The second-order valence-corrected chi connectivity index (χ2v) is 10.5. The number of carbonyl (C=O) groups is 2. The van der Waals surface area contributed by atoms with Crippen LogP contribution in [0.3, 0.4) is 0 Å². The molecule has 0 N–H and O–H groups in total. The molecule has 1 unspecified atom stereocenters. The Bertz CT molecular complexity index is 468. The van der Waals surface area contributed by atoms with Gasteiger partial charge < -0.3 is 9.16 Å². The number of allylic oxidation sites excluding steroid dienone is 1. The number of ketones is 1. The van der Waals surface area contributed by atoms with Gasteiger partial charge in [0.05, 0.1) is 12.7 Å². The summed E-state index contributed by atoms with van der Waals surface area (Å²) in [6, 6.07) is 0. The Balaban J connectivity index is 2.28. The summed E-state index contributed by atoms with van der Waals surface area (Å²) in [6.45, 7) is 11.3. The molecule has 4 nitrogen and oxygen atoms in total. The third kappa shape index (κ3) is 8.32. The second-order valence-electron chi connectivity index (χ2n) is 8.05. The lowest BCUT2D eigenvalue weighted by Gasteiger charge is -2.30. The smallest absolute Gasteiger partial charge is 0.305 e. The van der Waals surface area contributed by atoms with Crippen molar-refractivity contribution in [2.45, 2.75) is 90.7 Å². The van der Waals surface area contributed by atoms with E-state index in [1.165, 1.54) is 5.57 Å². The van der Waals surface area contributed by atoms with Gasteiger partial charge in [-0.2, -0.15) is 0 Å². The molecular formula is C20H36O4Si. The molecule has 5 heteroatoms. The summed E-state index contributed by atoms with van der Waals surface area (Å²) in [7, 11) is -0.687. The van der Waals surface area contributed by atoms with Crippen molar-refractivity contribution in [1.29, 1.82) is 0 Å². The third-order valence-corrected chi connectivity index (χ3v) is 7.40. The van der Waals surface area contributed by atoms with Gasteiger partial charge in [-0.25, -0.2) is 0 Å². The highest BCUT2D eigenvalue weighted by molar-refractivity contribution is 6.32. The normalized spacial score (nSPS) is 18.4. The average molecular weight is 369 g/mol. The number of ether oxygens (including phenoxy) is 1. The number of carbonyl (C=O) groups excluding carboxylic acids is 2. The minimum absolute atomic E-state index is 0.0247. The highest BCUT2D eigenvalue weighted by atomic mass is 28.2. The highest BCUT2D eigenvalue weighted by Crippen LogP contribution is 2.34. The Labute approximate surface area is 155 Å². The Morgan fingerprint density at radius 2 is 1.96 bits per heavy atom. The van der Waals surface area contributed by atoms with Crippen LogP contribution in [0.2, 0.25) is 5.04 Å². The molecule has 0 aliphatic heterocycles. The minimum Gasteiger partial charge on any atom is -0.466 e. The van der Waals surface area contributed by atoms with E-state index in [0.29, 0.717) is 25.4 Å². The summed E-state index contributed by atoms with van der Waals surface area (Å²) >= 11 is 0. The van der Waals surface area contributed by atoms with Crippen LogP contribution >= 0.6 is 0 Å². The Hall–Kier alpha value is -0.943. The van der Waals surface area contributed by atoms with Crippen LogP contribution in [-0.2, 0) is 18.8 Å². The van der Waals surface area contributed by atoms with E-state index in [1.807, 2.05) is 6.92 Å². The molecule has 1 aliphatic rings. The lowest BCUT2D eigenvalue weighted by atomic mass is 9.99. The van der Waals surface area contributed by atoms with Crippen LogP contribution in [0.15, 0.2) is 11.6 Å². The lowest BCUT2D eigenvalue weighted by molar-refractivity contribution is -0.143. The van der Waals surface area contributed by atoms with Crippen LogP contribution in [0.25, 0.3) is 0 Å². The number of unbranched alkanes of at least 4 members (excludes halogenated alkanes) is 3. The number of esters is 1. The monoisotopic (exact) mass is 368 g/mol. The van der Waals surface area contributed by atoms with Gasteiger partial charge in [0.1, 0.15) is 0 Å². The van der Waals surface area contributed by atoms with E-state index < -0.39 is 9.76 Å². The molecule has 1 aliphatic carbocycles. The van der Waals surface area contributed by atoms with Crippen LogP contribution in [0, 0.1) is 5.92 Å². The predicted octanol–water partition coefficient (Wildman–Crippen LogP) is 4.11. The molecule has 1 atom stereocenters. The van der Waals surface area contributed by atoms with Crippen LogP contribution in [0.5, 0.6) is 0 Å². The minimum atomic E-state index is -0.687. The first kappa shape index (κ1) is 22.1. The molecule has 0 amide bonds. The molecule has 0 fully saturated rings. The van der Waals surface area contributed by atoms with Crippen molar-refractivity contribution < 1.29 is 18.8 Å². The van der Waals surface area contributed by atoms with E-state index in [4.69, 9.17) is 9.16 Å². The summed E-state index contributed by atoms with van der Waals surface area (Å²) in [5.74, 6) is 0.708. The predicted molar refractivity (Wildman–Crippen MR) is 104 cm³/mol. The molecule has 0 saturated carbocycles. The zero-order valence-corrected chi connectivity index (χ0v) is 18.1. The van der Waals surface area contributed by atoms with Gasteiger partial charge in [-0.1, -0.05) is 40.5 Å². The lowest BCUT2D eigenvalue weighted by Crippen LogP contribution is -2.27. The molecule has 0 aromatic heterocycles. The standard InChI is InChI=1S/C20H36O4Si/c1-6-23-19(22)12-10-8-7-9-11-16-13-17(21)14-18(16)24-25-20(4,5)15(2)3/h13,15,18H,6-12,14,25H2,1-5H3. The van der Waals surface area contributed by atoms with Gasteiger partial charge >= 0.3 is 5.97 Å². The second kappa shape index (κ2) is 10.9. The quantitative estimate of drug-likeness (QED) is 0.295. The van der Waals surface area contributed by atoms with Gasteiger partial charge in [-0.3, -0.25) is 9.59 Å². The first-order chi connectivity index (χ1) is 11.8. The number of hydrogen-bond donors (Lipinski definition) is 0. The molecule has 0 bridgehead atoms. The molecule has 25 heavy (non-hydrogen) atoms. The van der Waals surface area contributed by atoms with Crippen molar-refractivity contribution in [1.82, 2.24) is 0 Å². The van der Waals surface area contributed by atoms with E-state index in [9.17, 15) is 9.59 Å². The number of hydrogen-bond acceptors (Lipinski definition) is 4. The van der Waals surface area contributed by atoms with Crippen molar-refractivity contribution in [2.75, 3.05) is 6.61 Å². The first-order valence-corrected chi connectivity index (χ1v) is 11.0. The third-order valence-electron chi connectivity index (χ3n) is 5.27. The fraction of sp³-hybridized carbons (Fsp3) is 0.800. The summed E-state index contributed by atoms with van der Waals surface area (Å²) in [6.07, 6.45) is 7.84. The molecule has 0 spiro atoms. The van der Waals surface area contributed by atoms with E-state index >= 15 is 0 Å². The summed E-state index contributed by atoms with van der Waals surface area (Å²) < 4.78 is 11.2. The zero-order chi connectivity index (χ0) is 18.9. The van der Waals surface area contributed by atoms with Crippen LogP contribution in [-0.4, -0.2) is 34.2 Å². The maximum Gasteiger partial charge on any atom is 0.305 e. The molecule has 0 aromatic rings. The van der Waals surface area contributed by atoms with Crippen LogP contribution in [0.4, 0.5) is 0 Å². The molecular weight excluding hydrogens is 332 g/mol. The first-order valence-electron chi connectivity index (χ1n) is 9.76. The van der Waals surface area contributed by atoms with Gasteiger partial charge in [0.25, 0.3) is 0 Å². The van der Waals surface area contributed by atoms with Crippen molar-refractivity contribution in [3.8, 4) is 0 Å².